The molecule has 0 radical (unpaired) electrons. The highest BCUT2D eigenvalue weighted by Crippen LogP contribution is 2.34. The van der Waals surface area contributed by atoms with E-state index in [1.807, 2.05) is 91.7 Å². The maximum atomic E-state index is 13.4. The molecule has 1 heterocycles. The zero-order chi connectivity index (χ0) is 20.4. The quantitative estimate of drug-likeness (QED) is 0.614. The number of carbonyl (C=O) groups excluding carboxylic acids is 2. The zero-order valence-corrected chi connectivity index (χ0v) is 16.5. The van der Waals surface area contributed by atoms with E-state index in [2.05, 4.69) is 0 Å². The smallest absolute Gasteiger partial charge is 0.282 e. The predicted octanol–water partition coefficient (Wildman–Crippen LogP) is 4.41. The summed E-state index contributed by atoms with van der Waals surface area (Å²) >= 11 is 0. The average Bonchev–Trinajstić information content (AvgIpc) is 3.00. The minimum Gasteiger partial charge on any atom is -0.365 e. The highest BCUT2D eigenvalue weighted by molar-refractivity contribution is 6.45. The molecule has 3 aromatic rings. The van der Waals surface area contributed by atoms with Gasteiger partial charge in [-0.3, -0.25) is 9.59 Å². The number of aryl methyl sites for hydroxylation is 1. The number of nitrogens with zero attached hydrogens (tertiary/aromatic N) is 2. The minimum absolute atomic E-state index is 0.292. The molecule has 0 aliphatic carbocycles. The number of imide groups is 1. The maximum Gasteiger partial charge on any atom is 0.282 e. The first kappa shape index (κ1) is 18.7. The van der Waals surface area contributed by atoms with Crippen LogP contribution in [-0.4, -0.2) is 23.8 Å². The lowest BCUT2D eigenvalue weighted by atomic mass is 10.0. The fraction of sp³-hybridized carbons (Fsp3) is 0.120. The summed E-state index contributed by atoms with van der Waals surface area (Å²) in [7, 11) is 1.86. The average molecular weight is 382 g/mol. The van der Waals surface area contributed by atoms with Crippen LogP contribution in [0.25, 0.3) is 5.57 Å². The first-order chi connectivity index (χ1) is 14.1. The van der Waals surface area contributed by atoms with Crippen LogP contribution < -0.4 is 4.90 Å². The van der Waals surface area contributed by atoms with Gasteiger partial charge in [0.1, 0.15) is 5.70 Å². The van der Waals surface area contributed by atoms with E-state index in [1.165, 1.54) is 4.90 Å². The van der Waals surface area contributed by atoms with Gasteiger partial charge in [-0.15, -0.1) is 0 Å². The second kappa shape index (κ2) is 7.76. The van der Waals surface area contributed by atoms with Crippen molar-refractivity contribution in [1.82, 2.24) is 4.90 Å². The van der Waals surface area contributed by atoms with Crippen LogP contribution in [0.2, 0.25) is 0 Å². The molecule has 0 unspecified atom stereocenters. The van der Waals surface area contributed by atoms with Crippen molar-refractivity contribution in [3.63, 3.8) is 0 Å². The topological polar surface area (TPSA) is 40.6 Å². The van der Waals surface area contributed by atoms with Crippen LogP contribution in [0.15, 0.2) is 90.6 Å². The van der Waals surface area contributed by atoms with Gasteiger partial charge in [-0.1, -0.05) is 78.4 Å². The number of anilines is 1. The van der Waals surface area contributed by atoms with Crippen molar-refractivity contribution >= 4 is 23.1 Å². The van der Waals surface area contributed by atoms with E-state index >= 15 is 0 Å². The number of carbonyl (C=O) groups is 2. The van der Waals surface area contributed by atoms with Crippen molar-refractivity contribution < 1.29 is 9.59 Å². The Morgan fingerprint density at radius 2 is 1.34 bits per heavy atom. The van der Waals surface area contributed by atoms with Gasteiger partial charge in [0.15, 0.2) is 0 Å². The van der Waals surface area contributed by atoms with E-state index in [4.69, 9.17) is 0 Å². The Hall–Kier alpha value is -3.66. The van der Waals surface area contributed by atoms with Crippen LogP contribution in [0.5, 0.6) is 0 Å². The molecule has 4 heteroatoms. The fourth-order valence-corrected chi connectivity index (χ4v) is 3.60. The number of para-hydroxylation sites is 1. The molecular weight excluding hydrogens is 360 g/mol. The van der Waals surface area contributed by atoms with Gasteiger partial charge in [0, 0.05) is 13.6 Å². The van der Waals surface area contributed by atoms with Gasteiger partial charge < -0.3 is 4.90 Å². The van der Waals surface area contributed by atoms with E-state index in [9.17, 15) is 9.59 Å². The molecule has 2 amide bonds. The molecule has 0 saturated heterocycles. The molecule has 1 aliphatic rings. The van der Waals surface area contributed by atoms with Crippen molar-refractivity contribution in [2.24, 2.45) is 0 Å². The van der Waals surface area contributed by atoms with Crippen LogP contribution in [0.4, 0.5) is 5.69 Å². The molecule has 4 rings (SSSR count). The van der Waals surface area contributed by atoms with Gasteiger partial charge in [-0.05, 0) is 30.2 Å². The lowest BCUT2D eigenvalue weighted by molar-refractivity contribution is -0.120. The van der Waals surface area contributed by atoms with E-state index in [0.717, 1.165) is 16.7 Å². The molecule has 0 saturated carbocycles. The number of rotatable bonds is 5. The number of benzene rings is 3. The maximum absolute atomic E-state index is 13.4. The Bertz CT molecular complexity index is 1070. The third-order valence-electron chi connectivity index (χ3n) is 5.06. The highest BCUT2D eigenvalue weighted by Gasteiger charge is 2.41. The first-order valence-electron chi connectivity index (χ1n) is 9.56. The molecule has 0 bridgehead atoms. The first-order valence-corrected chi connectivity index (χ1v) is 9.56. The van der Waals surface area contributed by atoms with Crippen LogP contribution >= 0.6 is 0 Å². The third-order valence-corrected chi connectivity index (χ3v) is 5.06. The summed E-state index contributed by atoms with van der Waals surface area (Å²) in [5.74, 6) is -0.588. The second-order valence-corrected chi connectivity index (χ2v) is 7.21. The van der Waals surface area contributed by atoms with E-state index in [0.29, 0.717) is 23.5 Å². The molecule has 1 aliphatic heterocycles. The molecule has 0 atom stereocenters. The van der Waals surface area contributed by atoms with Crippen molar-refractivity contribution in [3.8, 4) is 0 Å². The molecule has 0 N–H and O–H groups in total. The Labute approximate surface area is 170 Å². The number of amides is 2. The summed E-state index contributed by atoms with van der Waals surface area (Å²) < 4.78 is 0. The molecule has 0 spiro atoms. The lowest BCUT2D eigenvalue weighted by Gasteiger charge is -2.21. The van der Waals surface area contributed by atoms with Gasteiger partial charge >= 0.3 is 0 Å². The van der Waals surface area contributed by atoms with Crippen LogP contribution in [-0.2, 0) is 16.1 Å². The van der Waals surface area contributed by atoms with E-state index in [-0.39, 0.29) is 11.8 Å². The molecule has 0 aromatic heterocycles. The summed E-state index contributed by atoms with van der Waals surface area (Å²) in [6.07, 6.45) is 0. The molecule has 0 fully saturated rings. The predicted molar refractivity (Wildman–Crippen MR) is 115 cm³/mol. The normalized spacial score (nSPS) is 13.9. The Morgan fingerprint density at radius 3 is 1.97 bits per heavy atom. The number of likely N-dealkylation sites (N-methyl/N-ethyl adjacent to an activating group) is 1. The number of hydrogen-bond donors (Lipinski definition) is 0. The van der Waals surface area contributed by atoms with Crippen molar-refractivity contribution in [1.29, 1.82) is 0 Å². The van der Waals surface area contributed by atoms with Crippen molar-refractivity contribution in [2.75, 3.05) is 11.9 Å². The molecule has 144 valence electrons. The molecule has 29 heavy (non-hydrogen) atoms. The van der Waals surface area contributed by atoms with Gasteiger partial charge in [-0.25, -0.2) is 4.90 Å². The second-order valence-electron chi connectivity index (χ2n) is 7.21. The van der Waals surface area contributed by atoms with Crippen molar-refractivity contribution in [2.45, 2.75) is 13.5 Å². The largest absolute Gasteiger partial charge is 0.365 e. The third kappa shape index (κ3) is 3.57. The lowest BCUT2D eigenvalue weighted by Crippen LogP contribution is -2.34. The summed E-state index contributed by atoms with van der Waals surface area (Å²) in [6.45, 7) is 2.53. The minimum atomic E-state index is -0.296. The summed E-state index contributed by atoms with van der Waals surface area (Å²) in [6, 6.07) is 26.7. The van der Waals surface area contributed by atoms with Crippen LogP contribution in [0, 0.1) is 6.92 Å². The van der Waals surface area contributed by atoms with Crippen molar-refractivity contribution in [3.05, 3.63) is 107 Å². The monoisotopic (exact) mass is 382 g/mol. The zero-order valence-electron chi connectivity index (χ0n) is 16.5. The molecule has 3 aromatic carbocycles. The van der Waals surface area contributed by atoms with Crippen LogP contribution in [0.3, 0.4) is 0 Å². The summed E-state index contributed by atoms with van der Waals surface area (Å²) in [5, 5.41) is 0. The summed E-state index contributed by atoms with van der Waals surface area (Å²) in [5.41, 5.74) is 4.37. The van der Waals surface area contributed by atoms with Gasteiger partial charge in [0.05, 0.1) is 11.3 Å². The molecular formula is C25H22N2O2. The molecule has 4 nitrogen and oxygen atoms in total. The standard InChI is InChI=1S/C25H22N2O2/c1-18-13-15-20(16-14-18)22-23(26(2)17-19-9-5-3-6-10-19)25(29)27(24(22)28)21-11-7-4-8-12-21/h3-16H,17H2,1-2H3. The van der Waals surface area contributed by atoms with Gasteiger partial charge in [0.2, 0.25) is 0 Å². The fourth-order valence-electron chi connectivity index (χ4n) is 3.60. The van der Waals surface area contributed by atoms with Gasteiger partial charge in [0.25, 0.3) is 11.8 Å². The number of hydrogen-bond acceptors (Lipinski definition) is 3. The SMILES string of the molecule is Cc1ccc(C2=C(N(C)Cc3ccccc3)C(=O)N(c3ccccc3)C2=O)cc1. The Balaban J connectivity index is 1.80. The Morgan fingerprint density at radius 1 is 0.759 bits per heavy atom. The van der Waals surface area contributed by atoms with E-state index < -0.39 is 0 Å². The highest BCUT2D eigenvalue weighted by atomic mass is 16.2. The summed E-state index contributed by atoms with van der Waals surface area (Å²) in [4.78, 5) is 29.9. The van der Waals surface area contributed by atoms with Gasteiger partial charge in [-0.2, -0.15) is 0 Å². The van der Waals surface area contributed by atoms with Crippen LogP contribution in [0.1, 0.15) is 16.7 Å². The Kier molecular flexibility index (Phi) is 5.00. The van der Waals surface area contributed by atoms with E-state index in [1.54, 1.807) is 12.1 Å².